The van der Waals surface area contributed by atoms with E-state index in [1.54, 1.807) is 25.1 Å². The van der Waals surface area contributed by atoms with Crippen LogP contribution >= 0.6 is 23.2 Å². The van der Waals surface area contributed by atoms with Crippen molar-refractivity contribution < 1.29 is 14.3 Å². The first kappa shape index (κ1) is 15.8. The number of halogens is 2. The fourth-order valence-corrected chi connectivity index (χ4v) is 1.75. The van der Waals surface area contributed by atoms with Crippen molar-refractivity contribution in [1.29, 1.82) is 0 Å². The second-order valence-corrected chi connectivity index (χ2v) is 4.77. The number of benzene rings is 1. The standard InChI is InChI=1S/C13H15Cl2NO3/c1-3-16-13(18)8(2)19-12(17)7-9-4-5-10(14)11(15)6-9/h4-6,8H,3,7H2,1-2H3,(H,16,18)/t8-/m0/s1. The highest BCUT2D eigenvalue weighted by Gasteiger charge is 2.17. The molecule has 0 heterocycles. The van der Waals surface area contributed by atoms with Crippen molar-refractivity contribution in [1.82, 2.24) is 5.32 Å². The van der Waals surface area contributed by atoms with Crippen LogP contribution in [-0.4, -0.2) is 24.5 Å². The van der Waals surface area contributed by atoms with Crippen molar-refractivity contribution in [2.45, 2.75) is 26.4 Å². The van der Waals surface area contributed by atoms with E-state index in [2.05, 4.69) is 5.32 Å². The number of rotatable bonds is 5. The highest BCUT2D eigenvalue weighted by atomic mass is 35.5. The molecule has 0 fully saturated rings. The molecule has 6 heteroatoms. The Bertz CT molecular complexity index is 477. The number of hydrogen-bond acceptors (Lipinski definition) is 3. The third-order valence-corrected chi connectivity index (χ3v) is 3.10. The van der Waals surface area contributed by atoms with Gasteiger partial charge in [-0.05, 0) is 31.5 Å². The number of carbonyl (C=O) groups is 2. The van der Waals surface area contributed by atoms with Gasteiger partial charge in [-0.3, -0.25) is 9.59 Å². The van der Waals surface area contributed by atoms with Gasteiger partial charge in [0.05, 0.1) is 16.5 Å². The lowest BCUT2D eigenvalue weighted by molar-refractivity contribution is -0.154. The molecule has 1 amide bonds. The first-order valence-electron chi connectivity index (χ1n) is 5.85. The van der Waals surface area contributed by atoms with E-state index >= 15 is 0 Å². The van der Waals surface area contributed by atoms with Gasteiger partial charge in [-0.25, -0.2) is 0 Å². The largest absolute Gasteiger partial charge is 0.452 e. The van der Waals surface area contributed by atoms with E-state index in [-0.39, 0.29) is 12.3 Å². The minimum atomic E-state index is -0.810. The van der Waals surface area contributed by atoms with Crippen molar-refractivity contribution in [2.24, 2.45) is 0 Å². The number of carbonyl (C=O) groups excluding carboxylic acids is 2. The summed E-state index contributed by atoms with van der Waals surface area (Å²) >= 11 is 11.6. The Morgan fingerprint density at radius 3 is 2.58 bits per heavy atom. The van der Waals surface area contributed by atoms with Crippen LogP contribution in [-0.2, 0) is 20.7 Å². The molecule has 0 saturated heterocycles. The van der Waals surface area contributed by atoms with Gasteiger partial charge in [0.15, 0.2) is 6.10 Å². The van der Waals surface area contributed by atoms with Gasteiger partial charge in [-0.15, -0.1) is 0 Å². The van der Waals surface area contributed by atoms with Crippen LogP contribution in [0.5, 0.6) is 0 Å². The summed E-state index contributed by atoms with van der Waals surface area (Å²) in [6, 6.07) is 4.90. The molecule has 4 nitrogen and oxygen atoms in total. The van der Waals surface area contributed by atoms with Gasteiger partial charge in [0, 0.05) is 6.54 Å². The van der Waals surface area contributed by atoms with Crippen LogP contribution in [0, 0.1) is 0 Å². The van der Waals surface area contributed by atoms with Crippen molar-refractivity contribution >= 4 is 35.1 Å². The molecule has 0 radical (unpaired) electrons. The fourth-order valence-electron chi connectivity index (χ4n) is 1.43. The third kappa shape index (κ3) is 5.09. The highest BCUT2D eigenvalue weighted by molar-refractivity contribution is 6.42. The van der Waals surface area contributed by atoms with Crippen molar-refractivity contribution in [2.75, 3.05) is 6.54 Å². The zero-order chi connectivity index (χ0) is 14.4. The summed E-state index contributed by atoms with van der Waals surface area (Å²) in [5, 5.41) is 3.38. The average molecular weight is 304 g/mol. The summed E-state index contributed by atoms with van der Waals surface area (Å²) < 4.78 is 5.01. The Balaban J connectivity index is 2.55. The van der Waals surface area contributed by atoms with Gasteiger partial charge in [0.1, 0.15) is 0 Å². The molecule has 1 atom stereocenters. The molecule has 19 heavy (non-hydrogen) atoms. The Hall–Kier alpha value is -1.26. The van der Waals surface area contributed by atoms with Crippen molar-refractivity contribution in [3.05, 3.63) is 33.8 Å². The van der Waals surface area contributed by atoms with Gasteiger partial charge in [0.25, 0.3) is 5.91 Å². The monoisotopic (exact) mass is 303 g/mol. The van der Waals surface area contributed by atoms with Crippen LogP contribution in [0.15, 0.2) is 18.2 Å². The van der Waals surface area contributed by atoms with Crippen LogP contribution in [0.25, 0.3) is 0 Å². The minimum absolute atomic E-state index is 0.0423. The molecule has 0 spiro atoms. The zero-order valence-electron chi connectivity index (χ0n) is 10.7. The molecular weight excluding hydrogens is 289 g/mol. The van der Waals surface area contributed by atoms with E-state index in [1.807, 2.05) is 0 Å². The second kappa shape index (κ2) is 7.36. The molecule has 0 unspecified atom stereocenters. The molecule has 0 aliphatic heterocycles. The summed E-state index contributed by atoms with van der Waals surface area (Å²) in [5.41, 5.74) is 0.683. The van der Waals surface area contributed by atoms with Crippen molar-refractivity contribution in [3.8, 4) is 0 Å². The summed E-state index contributed by atoms with van der Waals surface area (Å²) in [7, 11) is 0. The maximum Gasteiger partial charge on any atom is 0.311 e. The van der Waals surface area contributed by atoms with Crippen LogP contribution < -0.4 is 5.32 Å². The van der Waals surface area contributed by atoms with Crippen LogP contribution in [0.4, 0.5) is 0 Å². The molecule has 1 aromatic carbocycles. The molecule has 104 valence electrons. The Morgan fingerprint density at radius 2 is 2.00 bits per heavy atom. The normalized spacial score (nSPS) is 11.8. The molecular formula is C13H15Cl2NO3. The van der Waals surface area contributed by atoms with E-state index in [0.717, 1.165) is 0 Å². The topological polar surface area (TPSA) is 55.4 Å². The Morgan fingerprint density at radius 1 is 1.32 bits per heavy atom. The fraction of sp³-hybridized carbons (Fsp3) is 0.385. The Kier molecular flexibility index (Phi) is 6.12. The molecule has 0 aliphatic carbocycles. The lowest BCUT2D eigenvalue weighted by Crippen LogP contribution is -2.35. The molecule has 0 aliphatic rings. The summed E-state index contributed by atoms with van der Waals surface area (Å²) in [4.78, 5) is 23.1. The minimum Gasteiger partial charge on any atom is -0.452 e. The summed E-state index contributed by atoms with van der Waals surface area (Å²) in [5.74, 6) is -0.804. The van der Waals surface area contributed by atoms with Gasteiger partial charge in [-0.2, -0.15) is 0 Å². The maximum absolute atomic E-state index is 11.6. The van der Waals surface area contributed by atoms with E-state index in [9.17, 15) is 9.59 Å². The average Bonchev–Trinajstić information content (AvgIpc) is 2.34. The number of hydrogen-bond donors (Lipinski definition) is 1. The smallest absolute Gasteiger partial charge is 0.311 e. The predicted octanol–water partition coefficient (Wildman–Crippen LogP) is 2.60. The number of esters is 1. The molecule has 1 aromatic rings. The molecule has 1 N–H and O–H groups in total. The first-order valence-corrected chi connectivity index (χ1v) is 6.60. The van der Waals surface area contributed by atoms with Gasteiger partial charge in [-0.1, -0.05) is 29.3 Å². The van der Waals surface area contributed by atoms with E-state index in [0.29, 0.717) is 22.2 Å². The molecule has 1 rings (SSSR count). The SMILES string of the molecule is CCNC(=O)[C@H](C)OC(=O)Cc1ccc(Cl)c(Cl)c1. The van der Waals surface area contributed by atoms with Crippen LogP contribution in [0.2, 0.25) is 10.0 Å². The number of nitrogens with one attached hydrogen (secondary N) is 1. The zero-order valence-corrected chi connectivity index (χ0v) is 12.2. The van der Waals surface area contributed by atoms with Gasteiger partial charge in [0.2, 0.25) is 0 Å². The molecule has 0 aromatic heterocycles. The number of ether oxygens (including phenoxy) is 1. The Labute approximate surface area is 122 Å². The van der Waals surface area contributed by atoms with Crippen LogP contribution in [0.3, 0.4) is 0 Å². The number of likely N-dealkylation sites (N-methyl/N-ethyl adjacent to an activating group) is 1. The summed E-state index contributed by atoms with van der Waals surface area (Å²) in [6.45, 7) is 3.81. The van der Waals surface area contributed by atoms with E-state index in [4.69, 9.17) is 27.9 Å². The highest BCUT2D eigenvalue weighted by Crippen LogP contribution is 2.22. The van der Waals surface area contributed by atoms with E-state index in [1.165, 1.54) is 6.92 Å². The van der Waals surface area contributed by atoms with Crippen LogP contribution in [0.1, 0.15) is 19.4 Å². The predicted molar refractivity (Wildman–Crippen MR) is 74.4 cm³/mol. The molecule has 0 saturated carbocycles. The molecule has 0 bridgehead atoms. The lowest BCUT2D eigenvalue weighted by Gasteiger charge is -2.12. The van der Waals surface area contributed by atoms with Gasteiger partial charge >= 0.3 is 5.97 Å². The summed E-state index contributed by atoms with van der Waals surface area (Å²) in [6.07, 6.45) is -0.768. The third-order valence-electron chi connectivity index (χ3n) is 2.36. The van der Waals surface area contributed by atoms with Crippen molar-refractivity contribution in [3.63, 3.8) is 0 Å². The second-order valence-electron chi connectivity index (χ2n) is 3.95. The maximum atomic E-state index is 11.6. The van der Waals surface area contributed by atoms with E-state index < -0.39 is 12.1 Å². The lowest BCUT2D eigenvalue weighted by atomic mass is 10.1. The quantitative estimate of drug-likeness (QED) is 0.851. The van der Waals surface area contributed by atoms with Gasteiger partial charge < -0.3 is 10.1 Å². The number of amides is 1. The first-order chi connectivity index (χ1) is 8.93.